The predicted molar refractivity (Wildman–Crippen MR) is 112 cm³/mol. The number of hydrogen-bond acceptors (Lipinski definition) is 3. The van der Waals surface area contributed by atoms with Crippen molar-refractivity contribution >= 4 is 11.6 Å². The Balaban J connectivity index is 2.12. The number of ketones is 2. The number of hydrogen-bond donors (Lipinski definition) is 0. The van der Waals surface area contributed by atoms with Gasteiger partial charge >= 0.3 is 0 Å². The minimum Gasteiger partial charge on any atom is -0.493 e. The maximum absolute atomic E-state index is 13.3. The summed E-state index contributed by atoms with van der Waals surface area (Å²) in [5.74, 6) is -2.33. The Morgan fingerprint density at radius 3 is 1.96 bits per heavy atom. The second kappa shape index (κ2) is 10.2. The Bertz CT molecular complexity index is 1620. The van der Waals surface area contributed by atoms with E-state index in [1.54, 1.807) is 0 Å². The van der Waals surface area contributed by atoms with Gasteiger partial charge in [0, 0.05) is 41.4 Å². The van der Waals surface area contributed by atoms with E-state index >= 15 is 0 Å². The molecule has 0 radical (unpaired) electrons. The first-order chi connectivity index (χ1) is 21.1. The average Bonchev–Trinajstić information content (AvgIpc) is 2.94. The van der Waals surface area contributed by atoms with E-state index in [9.17, 15) is 9.59 Å². The number of rotatable bonds is 11. The van der Waals surface area contributed by atoms with Gasteiger partial charge in [-0.15, -0.1) is 0 Å². The van der Waals surface area contributed by atoms with Crippen LogP contribution in [0.4, 0.5) is 0 Å². The van der Waals surface area contributed by atoms with Crippen LogP contribution >= 0.6 is 0 Å². The highest BCUT2D eigenvalue weighted by Crippen LogP contribution is 2.33. The molecule has 2 aromatic rings. The third-order valence-corrected chi connectivity index (χ3v) is 3.69. The molecule has 1 aliphatic rings. The number of fused-ring (bicyclic) bond motifs is 2. The van der Waals surface area contributed by atoms with Gasteiger partial charge in [-0.25, -0.2) is 0 Å². The normalized spacial score (nSPS) is 28.3. The molecule has 2 aromatic carbocycles. The first kappa shape index (κ1) is 6.83. The molecule has 148 valence electrons. The van der Waals surface area contributed by atoms with Gasteiger partial charge < -0.3 is 4.74 Å². The Morgan fingerprint density at radius 1 is 0.714 bits per heavy atom. The van der Waals surface area contributed by atoms with Crippen molar-refractivity contribution in [1.82, 2.24) is 0 Å². The summed E-state index contributed by atoms with van der Waals surface area (Å²) in [6, 6.07) is 8.81. The lowest BCUT2D eigenvalue weighted by Crippen LogP contribution is -2.21. The van der Waals surface area contributed by atoms with E-state index in [1.807, 2.05) is 0 Å². The number of ether oxygens (including phenoxy) is 1. The summed E-state index contributed by atoms with van der Waals surface area (Å²) in [6.07, 6.45) is -38.8. The summed E-state index contributed by atoms with van der Waals surface area (Å²) in [5.41, 5.74) is -0.954. The van der Waals surface area contributed by atoms with Gasteiger partial charge in [-0.05, 0) is 12.4 Å². The van der Waals surface area contributed by atoms with Crippen LogP contribution in [-0.2, 0) is 0 Å². The summed E-state index contributed by atoms with van der Waals surface area (Å²) in [7, 11) is 0. The standard InChI is InChI=1S/C25H30O3/c1-2-3-4-5-6-7-8-9-12-18-28-22-17-13-16-21-23(22)25(27)20-15-11-10-14-19(20)24(21)26/h10-11,13-17H,2-9,12,18H2,1H3/i2D2,3D2,4D2,5D2,6D2,7D2,8D2,9D2,12D2,18D2. The van der Waals surface area contributed by atoms with Crippen molar-refractivity contribution in [2.45, 2.75) is 64.3 Å². The maximum Gasteiger partial charge on any atom is 0.198 e. The van der Waals surface area contributed by atoms with Crippen LogP contribution in [0.5, 0.6) is 5.75 Å². The Labute approximate surface area is 196 Å². The molecule has 0 aromatic heterocycles. The Kier molecular flexibility index (Phi) is 2.49. The summed E-state index contributed by atoms with van der Waals surface area (Å²) >= 11 is 0. The third kappa shape index (κ3) is 4.70. The van der Waals surface area contributed by atoms with Crippen LogP contribution in [0.3, 0.4) is 0 Å². The fourth-order valence-corrected chi connectivity index (χ4v) is 2.55. The molecule has 0 spiro atoms. The lowest BCUT2D eigenvalue weighted by molar-refractivity contribution is 0.0975. The fraction of sp³-hybridized carbons (Fsp3) is 0.440. The monoisotopic (exact) mass is 398 g/mol. The van der Waals surface area contributed by atoms with Crippen LogP contribution in [0.25, 0.3) is 0 Å². The number of carbonyl (C=O) groups excluding carboxylic acids is 2. The van der Waals surface area contributed by atoms with E-state index in [0.717, 1.165) is 12.1 Å². The van der Waals surface area contributed by atoms with Crippen LogP contribution in [0, 0.1) is 0 Å². The SMILES string of the molecule is [2H]C([2H])(C)C([2H])([2H])C([2H])([2H])C([2H])([2H])C([2H])([2H])C([2H])([2H])C([2H])([2H])C([2H])([2H])C([2H])([2H])C([2H])([2H])Oc1cccc2c1C(=O)c1ccccc1C2=O. The molecule has 0 atom stereocenters. The quantitative estimate of drug-likeness (QED) is 0.377. The molecule has 0 amide bonds. The molecule has 0 unspecified atom stereocenters. The molecular weight excluding hydrogens is 348 g/mol. The van der Waals surface area contributed by atoms with Gasteiger partial charge in [-0.2, -0.15) is 0 Å². The summed E-state index contributed by atoms with van der Waals surface area (Å²) in [4.78, 5) is 26.4. The molecule has 0 bridgehead atoms. The minimum absolute atomic E-state index is 0.00100. The number of carbonyl (C=O) groups is 2. The lowest BCUT2D eigenvalue weighted by atomic mass is 9.83. The van der Waals surface area contributed by atoms with Gasteiger partial charge in [0.1, 0.15) is 5.75 Å². The lowest BCUT2D eigenvalue weighted by Gasteiger charge is -2.20. The zero-order valence-electron chi connectivity index (χ0n) is 34.8. The highest BCUT2D eigenvalue weighted by atomic mass is 16.5. The van der Waals surface area contributed by atoms with Crippen LogP contribution in [0.15, 0.2) is 42.5 Å². The zero-order chi connectivity index (χ0) is 37.7. The molecule has 1 aliphatic carbocycles. The summed E-state index contributed by atoms with van der Waals surface area (Å²) in [6.45, 7) is -3.57. The third-order valence-electron chi connectivity index (χ3n) is 3.69. The first-order valence-corrected chi connectivity index (χ1v) is 8.14. The van der Waals surface area contributed by atoms with Gasteiger partial charge in [-0.1, -0.05) is 94.3 Å². The molecular formula is C25H30O3. The summed E-state index contributed by atoms with van der Waals surface area (Å²) in [5, 5.41) is 0. The van der Waals surface area contributed by atoms with Crippen LogP contribution in [0.2, 0.25) is 0 Å². The van der Waals surface area contributed by atoms with Gasteiger partial charge in [0.05, 0.1) is 14.9 Å². The predicted octanol–water partition coefficient (Wildman–Crippen LogP) is 6.37. The largest absolute Gasteiger partial charge is 0.493 e. The highest BCUT2D eigenvalue weighted by Gasteiger charge is 2.31. The van der Waals surface area contributed by atoms with Crippen molar-refractivity contribution in [1.29, 1.82) is 0 Å². The van der Waals surface area contributed by atoms with Gasteiger partial charge in [0.15, 0.2) is 11.6 Å². The second-order valence-electron chi connectivity index (χ2n) is 5.34. The molecule has 3 nitrogen and oxygen atoms in total. The van der Waals surface area contributed by atoms with E-state index in [0.29, 0.717) is 6.92 Å². The maximum atomic E-state index is 13.3. The molecule has 0 aliphatic heterocycles. The van der Waals surface area contributed by atoms with Gasteiger partial charge in [0.25, 0.3) is 0 Å². The average molecular weight is 399 g/mol. The molecule has 0 saturated heterocycles. The molecule has 0 N–H and O–H groups in total. The van der Waals surface area contributed by atoms with Crippen molar-refractivity contribution < 1.29 is 41.7 Å². The molecule has 0 heterocycles. The second-order valence-corrected chi connectivity index (χ2v) is 5.34. The summed E-state index contributed by atoms with van der Waals surface area (Å²) < 4.78 is 168. The Hall–Kier alpha value is -2.42. The Morgan fingerprint density at radius 2 is 1.29 bits per heavy atom. The minimum atomic E-state index is -4.67. The molecule has 0 fully saturated rings. The number of benzene rings is 2. The van der Waals surface area contributed by atoms with E-state index < -0.39 is 86.8 Å². The van der Waals surface area contributed by atoms with Gasteiger partial charge in [0.2, 0.25) is 0 Å². The van der Waals surface area contributed by atoms with E-state index in [1.165, 1.54) is 30.3 Å². The van der Waals surface area contributed by atoms with E-state index in [4.69, 9.17) is 32.2 Å². The fourth-order valence-electron chi connectivity index (χ4n) is 2.55. The molecule has 3 heteroatoms. The van der Waals surface area contributed by atoms with Gasteiger partial charge in [-0.3, -0.25) is 9.59 Å². The zero-order valence-corrected chi connectivity index (χ0v) is 14.8. The molecule has 0 saturated carbocycles. The molecule has 28 heavy (non-hydrogen) atoms. The van der Waals surface area contributed by atoms with Crippen LogP contribution in [-0.4, -0.2) is 18.1 Å². The molecule has 3 rings (SSSR count). The van der Waals surface area contributed by atoms with E-state index in [2.05, 4.69) is 0 Å². The van der Waals surface area contributed by atoms with Crippen molar-refractivity contribution in [3.05, 3.63) is 64.7 Å². The topological polar surface area (TPSA) is 43.4 Å². The van der Waals surface area contributed by atoms with Crippen LogP contribution in [0.1, 0.15) is 124 Å². The van der Waals surface area contributed by atoms with Crippen molar-refractivity contribution in [2.75, 3.05) is 6.56 Å². The van der Waals surface area contributed by atoms with E-state index in [-0.39, 0.29) is 16.7 Å². The smallest absolute Gasteiger partial charge is 0.198 e. The van der Waals surface area contributed by atoms with Crippen molar-refractivity contribution in [2.24, 2.45) is 0 Å². The van der Waals surface area contributed by atoms with Crippen molar-refractivity contribution in [3.8, 4) is 5.75 Å². The van der Waals surface area contributed by atoms with Crippen molar-refractivity contribution in [3.63, 3.8) is 0 Å². The highest BCUT2D eigenvalue weighted by molar-refractivity contribution is 6.29. The first-order valence-electron chi connectivity index (χ1n) is 18.1. The van der Waals surface area contributed by atoms with Crippen LogP contribution < -0.4 is 4.74 Å².